The molecule has 1 aliphatic rings. The van der Waals surface area contributed by atoms with Gasteiger partial charge in [0.2, 0.25) is 8.32 Å². The fraction of sp³-hybridized carbons (Fsp3) is 0.613. The maximum Gasteiger partial charge on any atom is 0.264 e. The molecule has 4 rings (SSSR count). The molecule has 43 heavy (non-hydrogen) atoms. The van der Waals surface area contributed by atoms with Gasteiger partial charge in [0.15, 0.2) is 6.23 Å². The van der Waals surface area contributed by atoms with Crippen molar-refractivity contribution >= 4 is 29.3 Å². The van der Waals surface area contributed by atoms with Gasteiger partial charge in [0.25, 0.3) is 10.1 Å². The lowest BCUT2D eigenvalue weighted by Crippen LogP contribution is -2.43. The standard InChI is InChI=1S/C31H47N3O7SSi/c1-22(40-42(6,35)36)21-37-15-16-38-23(2)24-17-25(20-32-19-24)30-27-18-26(41-43(7,8)31(3,4)5)12-13-28(27)34(33-30)29-11-9-10-14-39-29/h12-13,17-20,22-23,29H,9-11,14-16,21H2,1-8H3. The Balaban J connectivity index is 1.55. The summed E-state index contributed by atoms with van der Waals surface area (Å²) in [5, 5.41) is 6.16. The number of rotatable bonds is 13. The van der Waals surface area contributed by atoms with E-state index in [0.717, 1.165) is 65.6 Å². The van der Waals surface area contributed by atoms with Crippen LogP contribution in [0.25, 0.3) is 22.2 Å². The second kappa shape index (κ2) is 13.7. The van der Waals surface area contributed by atoms with E-state index in [2.05, 4.69) is 57.0 Å². The van der Waals surface area contributed by atoms with E-state index in [4.69, 9.17) is 27.9 Å². The second-order valence-corrected chi connectivity index (χ2v) is 19.2. The van der Waals surface area contributed by atoms with Gasteiger partial charge >= 0.3 is 0 Å². The molecule has 1 saturated heterocycles. The van der Waals surface area contributed by atoms with Gasteiger partial charge in [0.1, 0.15) is 11.4 Å². The zero-order valence-corrected chi connectivity index (χ0v) is 28.6. The van der Waals surface area contributed by atoms with Crippen molar-refractivity contribution in [3.63, 3.8) is 0 Å². The normalized spacial score (nSPS) is 18.1. The number of nitrogens with zero attached hydrogens (tertiary/aromatic N) is 3. The number of ether oxygens (including phenoxy) is 3. The predicted octanol–water partition coefficient (Wildman–Crippen LogP) is 6.64. The van der Waals surface area contributed by atoms with Crippen LogP contribution in [0.4, 0.5) is 0 Å². The van der Waals surface area contributed by atoms with Crippen LogP contribution in [-0.4, -0.2) is 70.3 Å². The molecule has 0 N–H and O–H groups in total. The van der Waals surface area contributed by atoms with E-state index < -0.39 is 24.5 Å². The molecule has 2 aromatic heterocycles. The van der Waals surface area contributed by atoms with Gasteiger partial charge in [0, 0.05) is 30.0 Å². The summed E-state index contributed by atoms with van der Waals surface area (Å²) in [6.45, 7) is 16.4. The van der Waals surface area contributed by atoms with Crippen LogP contribution < -0.4 is 4.43 Å². The van der Waals surface area contributed by atoms with Crippen molar-refractivity contribution in [3.05, 3.63) is 42.2 Å². The van der Waals surface area contributed by atoms with Crippen LogP contribution >= 0.6 is 0 Å². The van der Waals surface area contributed by atoms with E-state index in [-0.39, 0.29) is 24.0 Å². The van der Waals surface area contributed by atoms with Gasteiger partial charge < -0.3 is 18.6 Å². The minimum absolute atomic E-state index is 0.0759. The molecule has 0 amide bonds. The lowest BCUT2D eigenvalue weighted by Gasteiger charge is -2.36. The highest BCUT2D eigenvalue weighted by molar-refractivity contribution is 7.86. The topological polar surface area (TPSA) is 111 Å². The average Bonchev–Trinajstić information content (AvgIpc) is 3.30. The third-order valence-corrected chi connectivity index (χ3v) is 13.1. The maximum absolute atomic E-state index is 11.2. The molecular formula is C31H47N3O7SSi. The molecule has 3 atom stereocenters. The summed E-state index contributed by atoms with van der Waals surface area (Å²) in [5.41, 5.74) is 3.64. The SMILES string of the molecule is CC(COCCOC(C)c1cncc(-c2nn(C3CCCCO3)c3ccc(O[Si](C)(C)C(C)(C)C)cc23)c1)OS(C)(=O)=O. The van der Waals surface area contributed by atoms with Crippen molar-refractivity contribution in [1.82, 2.24) is 14.8 Å². The first-order chi connectivity index (χ1) is 20.1. The number of hydrogen-bond acceptors (Lipinski definition) is 9. The van der Waals surface area contributed by atoms with E-state index in [0.29, 0.717) is 13.2 Å². The van der Waals surface area contributed by atoms with Gasteiger partial charge in [-0.25, -0.2) is 4.68 Å². The summed E-state index contributed by atoms with van der Waals surface area (Å²) < 4.78 is 53.7. The van der Waals surface area contributed by atoms with Gasteiger partial charge in [0.05, 0.1) is 43.8 Å². The van der Waals surface area contributed by atoms with Gasteiger partial charge in [-0.05, 0) is 81.1 Å². The smallest absolute Gasteiger partial charge is 0.264 e. The number of pyridine rings is 1. The summed E-state index contributed by atoms with van der Waals surface area (Å²) in [4.78, 5) is 4.54. The summed E-state index contributed by atoms with van der Waals surface area (Å²) in [6, 6.07) is 8.32. The Bertz CT molecular complexity index is 1480. The summed E-state index contributed by atoms with van der Waals surface area (Å²) in [6.07, 6.45) is 6.83. The molecule has 1 aliphatic heterocycles. The summed E-state index contributed by atoms with van der Waals surface area (Å²) in [5.74, 6) is 0.849. The molecule has 3 unspecified atom stereocenters. The largest absolute Gasteiger partial charge is 0.543 e. The van der Waals surface area contributed by atoms with Gasteiger partial charge in [-0.15, -0.1) is 0 Å². The molecule has 3 aromatic rings. The van der Waals surface area contributed by atoms with E-state index in [1.807, 2.05) is 23.9 Å². The Morgan fingerprint density at radius 2 is 1.88 bits per heavy atom. The zero-order chi connectivity index (χ0) is 31.4. The van der Waals surface area contributed by atoms with Gasteiger partial charge in [-0.3, -0.25) is 9.17 Å². The van der Waals surface area contributed by atoms with Crippen molar-refractivity contribution in [2.45, 2.75) is 90.4 Å². The Labute approximate surface area is 257 Å². The van der Waals surface area contributed by atoms with Gasteiger partial charge in [-0.1, -0.05) is 20.8 Å². The van der Waals surface area contributed by atoms with Gasteiger partial charge in [-0.2, -0.15) is 13.5 Å². The van der Waals surface area contributed by atoms with E-state index >= 15 is 0 Å². The van der Waals surface area contributed by atoms with Crippen LogP contribution in [0.3, 0.4) is 0 Å². The first-order valence-electron chi connectivity index (χ1n) is 15.0. The molecule has 1 fully saturated rings. The lowest BCUT2D eigenvalue weighted by atomic mass is 10.1. The minimum atomic E-state index is -3.52. The third kappa shape index (κ3) is 8.86. The number of fused-ring (bicyclic) bond motifs is 1. The number of benzene rings is 1. The highest BCUT2D eigenvalue weighted by atomic mass is 32.2. The van der Waals surface area contributed by atoms with Crippen molar-refractivity contribution < 1.29 is 31.2 Å². The monoisotopic (exact) mass is 633 g/mol. The molecule has 0 saturated carbocycles. The fourth-order valence-electron chi connectivity index (χ4n) is 4.75. The Kier molecular flexibility index (Phi) is 10.7. The Morgan fingerprint density at radius 3 is 2.56 bits per heavy atom. The summed E-state index contributed by atoms with van der Waals surface area (Å²) in [7, 11) is -5.56. The molecule has 10 nitrogen and oxygen atoms in total. The second-order valence-electron chi connectivity index (χ2n) is 12.9. The first kappa shape index (κ1) is 33.5. The Hall–Kier alpha value is -2.35. The first-order valence-corrected chi connectivity index (χ1v) is 19.7. The van der Waals surface area contributed by atoms with Crippen LogP contribution in [-0.2, 0) is 28.5 Å². The van der Waals surface area contributed by atoms with E-state index in [9.17, 15) is 8.42 Å². The highest BCUT2D eigenvalue weighted by Crippen LogP contribution is 2.40. The van der Waals surface area contributed by atoms with Crippen LogP contribution in [0.5, 0.6) is 5.75 Å². The number of hydrogen-bond donors (Lipinski definition) is 0. The van der Waals surface area contributed by atoms with Crippen LogP contribution in [0.2, 0.25) is 18.1 Å². The average molecular weight is 634 g/mol. The summed E-state index contributed by atoms with van der Waals surface area (Å²) >= 11 is 0. The molecular weight excluding hydrogens is 587 g/mol. The zero-order valence-electron chi connectivity index (χ0n) is 26.8. The molecule has 1 aromatic carbocycles. The molecule has 0 radical (unpaired) electrons. The van der Waals surface area contributed by atoms with Crippen molar-refractivity contribution in [2.75, 3.05) is 32.7 Å². The highest BCUT2D eigenvalue weighted by Gasteiger charge is 2.39. The van der Waals surface area contributed by atoms with E-state index in [1.165, 1.54) is 0 Å². The Morgan fingerprint density at radius 1 is 1.12 bits per heavy atom. The van der Waals surface area contributed by atoms with Crippen LogP contribution in [0.15, 0.2) is 36.7 Å². The quantitative estimate of drug-likeness (QED) is 0.116. The fourth-order valence-corrected chi connectivity index (χ4v) is 6.42. The van der Waals surface area contributed by atoms with E-state index in [1.54, 1.807) is 13.1 Å². The third-order valence-electron chi connectivity index (χ3n) is 8.07. The van der Waals surface area contributed by atoms with Crippen molar-refractivity contribution in [3.8, 4) is 17.0 Å². The molecule has 0 spiro atoms. The van der Waals surface area contributed by atoms with Crippen molar-refractivity contribution in [1.29, 1.82) is 0 Å². The molecule has 12 heteroatoms. The lowest BCUT2D eigenvalue weighted by molar-refractivity contribution is -0.0365. The number of aromatic nitrogens is 3. The predicted molar refractivity (Wildman–Crippen MR) is 170 cm³/mol. The molecule has 0 bridgehead atoms. The minimum Gasteiger partial charge on any atom is -0.543 e. The molecule has 0 aliphatic carbocycles. The molecule has 238 valence electrons. The maximum atomic E-state index is 11.2. The van der Waals surface area contributed by atoms with Crippen LogP contribution in [0.1, 0.15) is 71.8 Å². The van der Waals surface area contributed by atoms with Crippen molar-refractivity contribution in [2.24, 2.45) is 0 Å². The molecule has 3 heterocycles. The van der Waals surface area contributed by atoms with Crippen LogP contribution in [0, 0.1) is 0 Å².